The number of benzene rings is 1. The van der Waals surface area contributed by atoms with E-state index < -0.39 is 0 Å². The number of carbonyl (C=O) groups is 2. The summed E-state index contributed by atoms with van der Waals surface area (Å²) >= 11 is 6.01. The molecule has 1 N–H and O–H groups in total. The van der Waals surface area contributed by atoms with Crippen molar-refractivity contribution >= 4 is 34.7 Å². The first-order valence-electron chi connectivity index (χ1n) is 7.20. The number of rotatable bonds is 4. The molecule has 5 heteroatoms. The van der Waals surface area contributed by atoms with Gasteiger partial charge in [-0.3, -0.25) is 9.59 Å². The number of aromatic nitrogens is 1. The van der Waals surface area contributed by atoms with Crippen molar-refractivity contribution in [2.45, 2.75) is 38.3 Å². The summed E-state index contributed by atoms with van der Waals surface area (Å²) in [5.74, 6) is -0.0174. The standard InChI is InChI=1S/C16H17ClN2O2/c17-12-5-6-14-11(10-20)8-19(15(14)7-12)9-16(21)18-13-3-1-2-4-13/h5-8,10,13H,1-4,9H2,(H,18,21). The Bertz CT molecular complexity index is 687. The zero-order chi connectivity index (χ0) is 14.8. The number of nitrogens with zero attached hydrogens (tertiary/aromatic N) is 1. The van der Waals surface area contributed by atoms with Crippen molar-refractivity contribution in [1.82, 2.24) is 9.88 Å². The Morgan fingerprint density at radius 3 is 2.86 bits per heavy atom. The highest BCUT2D eigenvalue weighted by molar-refractivity contribution is 6.31. The van der Waals surface area contributed by atoms with Crippen LogP contribution in [0.4, 0.5) is 0 Å². The number of carbonyl (C=O) groups excluding carboxylic acids is 2. The lowest BCUT2D eigenvalue weighted by Crippen LogP contribution is -2.35. The molecule has 0 aliphatic heterocycles. The third-order valence-corrected chi connectivity index (χ3v) is 4.27. The second kappa shape index (κ2) is 5.90. The van der Waals surface area contributed by atoms with Crippen LogP contribution in [-0.4, -0.2) is 22.8 Å². The van der Waals surface area contributed by atoms with Crippen molar-refractivity contribution < 1.29 is 9.59 Å². The second-order valence-electron chi connectivity index (χ2n) is 5.54. The molecule has 1 aliphatic rings. The molecular formula is C16H17ClN2O2. The number of amides is 1. The Hall–Kier alpha value is -1.81. The summed E-state index contributed by atoms with van der Waals surface area (Å²) in [7, 11) is 0. The summed E-state index contributed by atoms with van der Waals surface area (Å²) in [4.78, 5) is 23.3. The second-order valence-corrected chi connectivity index (χ2v) is 5.98. The van der Waals surface area contributed by atoms with Gasteiger partial charge in [0.25, 0.3) is 0 Å². The van der Waals surface area contributed by atoms with Gasteiger partial charge in [-0.25, -0.2) is 0 Å². The average Bonchev–Trinajstić information content (AvgIpc) is 3.07. The van der Waals surface area contributed by atoms with Gasteiger partial charge in [-0.15, -0.1) is 0 Å². The monoisotopic (exact) mass is 304 g/mol. The van der Waals surface area contributed by atoms with E-state index in [1.807, 2.05) is 6.07 Å². The largest absolute Gasteiger partial charge is 0.352 e. The molecule has 1 aliphatic carbocycles. The van der Waals surface area contributed by atoms with Gasteiger partial charge in [0.2, 0.25) is 5.91 Å². The molecule has 1 aromatic carbocycles. The van der Waals surface area contributed by atoms with E-state index in [9.17, 15) is 9.59 Å². The van der Waals surface area contributed by atoms with E-state index in [0.717, 1.165) is 30.0 Å². The molecule has 1 fully saturated rings. The quantitative estimate of drug-likeness (QED) is 0.882. The third-order valence-electron chi connectivity index (χ3n) is 4.04. The summed E-state index contributed by atoms with van der Waals surface area (Å²) in [6.07, 6.45) is 7.00. The number of hydrogen-bond donors (Lipinski definition) is 1. The minimum Gasteiger partial charge on any atom is -0.352 e. The molecule has 0 bridgehead atoms. The van der Waals surface area contributed by atoms with Gasteiger partial charge >= 0.3 is 0 Å². The highest BCUT2D eigenvalue weighted by atomic mass is 35.5. The zero-order valence-corrected chi connectivity index (χ0v) is 12.4. The van der Waals surface area contributed by atoms with Gasteiger partial charge in [-0.05, 0) is 25.0 Å². The molecule has 1 amide bonds. The lowest BCUT2D eigenvalue weighted by molar-refractivity contribution is -0.122. The van der Waals surface area contributed by atoms with Crippen LogP contribution in [0.15, 0.2) is 24.4 Å². The van der Waals surface area contributed by atoms with Crippen molar-refractivity contribution in [3.8, 4) is 0 Å². The van der Waals surface area contributed by atoms with Crippen molar-refractivity contribution in [1.29, 1.82) is 0 Å². The Balaban J connectivity index is 1.84. The van der Waals surface area contributed by atoms with Crippen LogP contribution in [0.5, 0.6) is 0 Å². The number of hydrogen-bond acceptors (Lipinski definition) is 2. The Morgan fingerprint density at radius 2 is 2.14 bits per heavy atom. The SMILES string of the molecule is O=Cc1cn(CC(=O)NC2CCCC2)c2cc(Cl)ccc12. The van der Waals surface area contributed by atoms with E-state index in [0.29, 0.717) is 16.6 Å². The Kier molecular flexibility index (Phi) is 3.97. The molecule has 1 heterocycles. The fourth-order valence-electron chi connectivity index (χ4n) is 3.02. The molecule has 4 nitrogen and oxygen atoms in total. The lowest BCUT2D eigenvalue weighted by atomic mass is 10.2. The van der Waals surface area contributed by atoms with E-state index in [4.69, 9.17) is 11.6 Å². The number of halogens is 1. The van der Waals surface area contributed by atoms with Gasteiger partial charge in [0.1, 0.15) is 6.54 Å². The van der Waals surface area contributed by atoms with Crippen molar-refractivity contribution in [3.63, 3.8) is 0 Å². The molecule has 2 aromatic rings. The molecular weight excluding hydrogens is 288 g/mol. The van der Waals surface area contributed by atoms with Crippen molar-refractivity contribution in [2.24, 2.45) is 0 Å². The number of aldehydes is 1. The summed E-state index contributed by atoms with van der Waals surface area (Å²) in [6.45, 7) is 0.210. The van der Waals surface area contributed by atoms with Crippen molar-refractivity contribution in [3.05, 3.63) is 35.0 Å². The Morgan fingerprint density at radius 1 is 1.38 bits per heavy atom. The minimum atomic E-state index is -0.0174. The fourth-order valence-corrected chi connectivity index (χ4v) is 3.18. The topological polar surface area (TPSA) is 51.1 Å². The molecule has 0 unspecified atom stereocenters. The predicted octanol–water partition coefficient (Wildman–Crippen LogP) is 3.17. The summed E-state index contributed by atoms with van der Waals surface area (Å²) in [5.41, 5.74) is 1.39. The smallest absolute Gasteiger partial charge is 0.240 e. The van der Waals surface area contributed by atoms with Crippen molar-refractivity contribution in [2.75, 3.05) is 0 Å². The predicted molar refractivity (Wildman–Crippen MR) is 82.7 cm³/mol. The highest BCUT2D eigenvalue weighted by Crippen LogP contribution is 2.24. The number of nitrogens with one attached hydrogen (secondary N) is 1. The first-order valence-corrected chi connectivity index (χ1v) is 7.58. The van der Waals surface area contributed by atoms with E-state index in [1.54, 1.807) is 22.9 Å². The molecule has 0 spiro atoms. The first-order chi connectivity index (χ1) is 10.2. The molecule has 21 heavy (non-hydrogen) atoms. The summed E-state index contributed by atoms with van der Waals surface area (Å²) in [5, 5.41) is 4.47. The molecule has 1 saturated carbocycles. The van der Waals surface area contributed by atoms with Crippen LogP contribution in [-0.2, 0) is 11.3 Å². The van der Waals surface area contributed by atoms with Gasteiger partial charge in [0.15, 0.2) is 6.29 Å². The molecule has 110 valence electrons. The molecule has 3 rings (SSSR count). The summed E-state index contributed by atoms with van der Waals surface area (Å²) in [6, 6.07) is 5.65. The van der Waals surface area contributed by atoms with Gasteiger partial charge in [0, 0.05) is 28.2 Å². The van der Waals surface area contributed by atoms with Gasteiger partial charge in [-0.1, -0.05) is 30.5 Å². The molecule has 0 saturated heterocycles. The van der Waals surface area contributed by atoms with Crippen LogP contribution in [0.3, 0.4) is 0 Å². The maximum absolute atomic E-state index is 12.1. The maximum atomic E-state index is 12.1. The third kappa shape index (κ3) is 2.95. The van der Waals surface area contributed by atoms with E-state index >= 15 is 0 Å². The first kappa shape index (κ1) is 14.1. The normalized spacial score (nSPS) is 15.5. The van der Waals surface area contributed by atoms with Gasteiger partial charge in [0.05, 0.1) is 5.52 Å². The maximum Gasteiger partial charge on any atom is 0.240 e. The summed E-state index contributed by atoms with van der Waals surface area (Å²) < 4.78 is 1.79. The highest BCUT2D eigenvalue weighted by Gasteiger charge is 2.18. The van der Waals surface area contributed by atoms with E-state index in [2.05, 4.69) is 5.32 Å². The van der Waals surface area contributed by atoms with Crippen LogP contribution in [0.25, 0.3) is 10.9 Å². The minimum absolute atomic E-state index is 0.0174. The van der Waals surface area contributed by atoms with Crippen LogP contribution in [0.1, 0.15) is 36.0 Å². The Labute approximate surface area is 128 Å². The van der Waals surface area contributed by atoms with Crippen LogP contribution >= 0.6 is 11.6 Å². The van der Waals surface area contributed by atoms with Crippen LogP contribution < -0.4 is 5.32 Å². The van der Waals surface area contributed by atoms with E-state index in [-0.39, 0.29) is 12.5 Å². The fraction of sp³-hybridized carbons (Fsp3) is 0.375. The number of fused-ring (bicyclic) bond motifs is 1. The molecule has 0 atom stereocenters. The molecule has 0 radical (unpaired) electrons. The molecule has 1 aromatic heterocycles. The lowest BCUT2D eigenvalue weighted by Gasteiger charge is -2.12. The van der Waals surface area contributed by atoms with Crippen LogP contribution in [0.2, 0.25) is 5.02 Å². The van der Waals surface area contributed by atoms with Crippen LogP contribution in [0, 0.1) is 0 Å². The zero-order valence-electron chi connectivity index (χ0n) is 11.6. The van der Waals surface area contributed by atoms with Gasteiger partial charge < -0.3 is 9.88 Å². The van der Waals surface area contributed by atoms with E-state index in [1.165, 1.54) is 12.8 Å². The average molecular weight is 305 g/mol. The van der Waals surface area contributed by atoms with Gasteiger partial charge in [-0.2, -0.15) is 0 Å².